The monoisotopic (exact) mass is 466 g/mol. The predicted molar refractivity (Wildman–Crippen MR) is 121 cm³/mol. The van der Waals surface area contributed by atoms with E-state index in [2.05, 4.69) is 5.32 Å². The molecule has 1 aromatic heterocycles. The number of benzene rings is 2. The Labute approximate surface area is 192 Å². The van der Waals surface area contributed by atoms with Gasteiger partial charge < -0.3 is 14.8 Å². The van der Waals surface area contributed by atoms with Crippen LogP contribution < -0.4 is 15.8 Å². The van der Waals surface area contributed by atoms with Crippen molar-refractivity contribution in [2.45, 2.75) is 18.9 Å². The molecule has 1 amide bonds. The fourth-order valence-corrected chi connectivity index (χ4v) is 4.95. The van der Waals surface area contributed by atoms with Crippen LogP contribution in [0.15, 0.2) is 59.4 Å². The molecule has 2 aliphatic rings. The number of rotatable bonds is 4. The summed E-state index contributed by atoms with van der Waals surface area (Å²) in [6.07, 6.45) is 0.905. The minimum Gasteiger partial charge on any atom is -0.365 e. The lowest BCUT2D eigenvalue weighted by Gasteiger charge is -2.43. The number of pyridine rings is 1. The second-order valence-corrected chi connectivity index (χ2v) is 8.65. The number of piperidine rings is 1. The molecule has 2 aliphatic heterocycles. The third kappa shape index (κ3) is 3.91. The predicted octanol–water partition coefficient (Wildman–Crippen LogP) is 3.91. The number of amides is 1. The number of aromatic nitrogens is 1. The summed E-state index contributed by atoms with van der Waals surface area (Å²) < 4.78 is 28.3. The van der Waals surface area contributed by atoms with E-state index in [1.165, 1.54) is 30.3 Å². The van der Waals surface area contributed by atoms with Gasteiger partial charge in [0.1, 0.15) is 5.69 Å². The SMILES string of the molecule is O=C(Nc1ccc(F)c(F)c1)c1ccc(N2C[C@H]3C[C@@H](C2)c2cccc(=O)n2C3)c([N+](=O)[O-])c1. The lowest BCUT2D eigenvalue weighted by molar-refractivity contribution is -0.384. The van der Waals surface area contributed by atoms with Gasteiger partial charge in [-0.3, -0.25) is 19.7 Å². The largest absolute Gasteiger partial charge is 0.365 e. The Bertz CT molecular complexity index is 1370. The molecule has 1 saturated heterocycles. The van der Waals surface area contributed by atoms with Crippen molar-refractivity contribution in [1.29, 1.82) is 0 Å². The molecule has 174 valence electrons. The topological polar surface area (TPSA) is 97.5 Å². The molecular weight excluding hydrogens is 446 g/mol. The fraction of sp³-hybridized carbons (Fsp3) is 0.250. The third-order valence-corrected chi connectivity index (χ3v) is 6.43. The zero-order valence-corrected chi connectivity index (χ0v) is 17.9. The molecule has 8 nitrogen and oxygen atoms in total. The Morgan fingerprint density at radius 3 is 2.62 bits per heavy atom. The maximum absolute atomic E-state index is 13.4. The van der Waals surface area contributed by atoms with Crippen molar-refractivity contribution < 1.29 is 18.5 Å². The van der Waals surface area contributed by atoms with Crippen molar-refractivity contribution in [3.8, 4) is 0 Å². The molecular formula is C24H20F2N4O4. The number of hydrogen-bond donors (Lipinski definition) is 1. The molecule has 3 aromatic rings. The smallest absolute Gasteiger partial charge is 0.293 e. The summed E-state index contributed by atoms with van der Waals surface area (Å²) in [6, 6.07) is 12.3. The molecule has 1 N–H and O–H groups in total. The first kappa shape index (κ1) is 21.7. The summed E-state index contributed by atoms with van der Waals surface area (Å²) in [4.78, 5) is 38.1. The minimum absolute atomic E-state index is 0.0225. The fourth-order valence-electron chi connectivity index (χ4n) is 4.95. The Kier molecular flexibility index (Phi) is 5.35. The van der Waals surface area contributed by atoms with E-state index in [0.29, 0.717) is 25.3 Å². The van der Waals surface area contributed by atoms with Crippen LogP contribution in [-0.4, -0.2) is 28.5 Å². The van der Waals surface area contributed by atoms with Gasteiger partial charge in [-0.25, -0.2) is 8.78 Å². The molecule has 10 heteroatoms. The summed E-state index contributed by atoms with van der Waals surface area (Å²) in [5, 5.41) is 14.3. The molecule has 0 radical (unpaired) electrons. The highest BCUT2D eigenvalue weighted by Crippen LogP contribution is 2.39. The Morgan fingerprint density at radius 2 is 1.85 bits per heavy atom. The third-order valence-electron chi connectivity index (χ3n) is 6.43. The van der Waals surface area contributed by atoms with Gasteiger partial charge in [0, 0.05) is 60.7 Å². The van der Waals surface area contributed by atoms with Gasteiger partial charge in [0.15, 0.2) is 11.6 Å². The number of hydrogen-bond acceptors (Lipinski definition) is 5. The molecule has 2 aromatic carbocycles. The van der Waals surface area contributed by atoms with Gasteiger partial charge in [-0.05, 0) is 42.7 Å². The van der Waals surface area contributed by atoms with Gasteiger partial charge in [-0.1, -0.05) is 6.07 Å². The number of nitrogens with one attached hydrogen (secondary N) is 1. The average Bonchev–Trinajstić information content (AvgIpc) is 2.81. The molecule has 0 saturated carbocycles. The zero-order chi connectivity index (χ0) is 24.0. The van der Waals surface area contributed by atoms with Gasteiger partial charge in [0.05, 0.1) is 4.92 Å². The number of carbonyl (C=O) groups excluding carboxylic acids is 1. The highest BCUT2D eigenvalue weighted by molar-refractivity contribution is 6.05. The van der Waals surface area contributed by atoms with E-state index in [4.69, 9.17) is 0 Å². The van der Waals surface area contributed by atoms with E-state index < -0.39 is 22.5 Å². The van der Waals surface area contributed by atoms with Crippen LogP contribution in [0, 0.1) is 27.7 Å². The van der Waals surface area contributed by atoms with Gasteiger partial charge in [0.25, 0.3) is 17.2 Å². The number of nitro groups is 1. The summed E-state index contributed by atoms with van der Waals surface area (Å²) in [6.45, 7) is 1.63. The number of anilines is 2. The first-order chi connectivity index (χ1) is 16.3. The lowest BCUT2D eigenvalue weighted by Crippen LogP contribution is -2.47. The summed E-state index contributed by atoms with van der Waals surface area (Å²) in [5.74, 6) is -2.60. The van der Waals surface area contributed by atoms with Crippen LogP contribution in [0.3, 0.4) is 0 Å². The maximum atomic E-state index is 13.4. The molecule has 2 bridgehead atoms. The number of nitro benzene ring substituents is 1. The molecule has 0 spiro atoms. The number of halogens is 2. The molecule has 0 aliphatic carbocycles. The first-order valence-electron chi connectivity index (χ1n) is 10.8. The lowest BCUT2D eigenvalue weighted by atomic mass is 9.83. The van der Waals surface area contributed by atoms with E-state index >= 15 is 0 Å². The van der Waals surface area contributed by atoms with Crippen molar-refractivity contribution in [1.82, 2.24) is 4.57 Å². The van der Waals surface area contributed by atoms with Gasteiger partial charge >= 0.3 is 0 Å². The quantitative estimate of drug-likeness (QED) is 0.465. The highest BCUT2D eigenvalue weighted by Gasteiger charge is 2.36. The van der Waals surface area contributed by atoms with Crippen LogP contribution in [0.1, 0.15) is 28.4 Å². The molecule has 3 heterocycles. The van der Waals surface area contributed by atoms with E-state index in [9.17, 15) is 28.5 Å². The molecule has 34 heavy (non-hydrogen) atoms. The van der Waals surface area contributed by atoms with Crippen molar-refractivity contribution >= 4 is 23.0 Å². The molecule has 5 rings (SSSR count). The molecule has 2 atom stereocenters. The van der Waals surface area contributed by atoms with Crippen molar-refractivity contribution in [3.63, 3.8) is 0 Å². The maximum Gasteiger partial charge on any atom is 0.293 e. The van der Waals surface area contributed by atoms with E-state index in [1.807, 2.05) is 11.0 Å². The zero-order valence-electron chi connectivity index (χ0n) is 17.9. The summed E-state index contributed by atoms with van der Waals surface area (Å²) in [5.41, 5.74) is 1.13. The van der Waals surface area contributed by atoms with Crippen molar-refractivity contribution in [2.24, 2.45) is 5.92 Å². The van der Waals surface area contributed by atoms with Crippen LogP contribution in [0.25, 0.3) is 0 Å². The summed E-state index contributed by atoms with van der Waals surface area (Å²) >= 11 is 0. The molecule has 1 fully saturated rings. The number of fused-ring (bicyclic) bond motifs is 4. The van der Waals surface area contributed by atoms with Gasteiger partial charge in [-0.2, -0.15) is 0 Å². The number of nitrogens with zero attached hydrogens (tertiary/aromatic N) is 3. The highest BCUT2D eigenvalue weighted by atomic mass is 19.2. The van der Waals surface area contributed by atoms with Gasteiger partial charge in [0.2, 0.25) is 0 Å². The Morgan fingerprint density at radius 1 is 1.03 bits per heavy atom. The first-order valence-corrected chi connectivity index (χ1v) is 10.8. The van der Waals surface area contributed by atoms with E-state index in [1.54, 1.807) is 10.6 Å². The van der Waals surface area contributed by atoms with Crippen LogP contribution >= 0.6 is 0 Å². The number of carbonyl (C=O) groups is 1. The Balaban J connectivity index is 1.42. The van der Waals surface area contributed by atoms with Crippen LogP contribution in [0.4, 0.5) is 25.8 Å². The van der Waals surface area contributed by atoms with E-state index in [0.717, 1.165) is 24.2 Å². The van der Waals surface area contributed by atoms with Crippen molar-refractivity contribution in [3.05, 3.63) is 98.0 Å². The average molecular weight is 466 g/mol. The second kappa shape index (κ2) is 8.36. The Hall–Kier alpha value is -4.08. The van der Waals surface area contributed by atoms with Gasteiger partial charge in [-0.15, -0.1) is 0 Å². The van der Waals surface area contributed by atoms with Crippen molar-refractivity contribution in [2.75, 3.05) is 23.3 Å². The van der Waals surface area contributed by atoms with Crippen LogP contribution in [0.5, 0.6) is 0 Å². The standard InChI is InChI=1S/C24H20F2N4O4/c25-18-6-5-17(10-19(18)26)27-24(32)15-4-7-21(22(9-15)30(33)34)28-11-14-8-16(13-28)20-2-1-3-23(31)29(20)12-14/h1-7,9-10,14,16H,8,11-13H2,(H,27,32)/t14-,16+/m1/s1. The second-order valence-electron chi connectivity index (χ2n) is 8.65. The van der Waals surface area contributed by atoms with E-state index in [-0.39, 0.29) is 34.3 Å². The normalized spacial score (nSPS) is 18.8. The summed E-state index contributed by atoms with van der Waals surface area (Å²) in [7, 11) is 0. The van der Waals surface area contributed by atoms with Crippen LogP contribution in [0.2, 0.25) is 0 Å². The van der Waals surface area contributed by atoms with Crippen LogP contribution in [-0.2, 0) is 6.54 Å². The minimum atomic E-state index is -1.11. The molecule has 0 unspecified atom stereocenters.